The maximum absolute atomic E-state index is 4.50. The van der Waals surface area contributed by atoms with Crippen LogP contribution in [-0.2, 0) is 19.9 Å². The minimum atomic E-state index is 0.0708. The van der Waals surface area contributed by atoms with E-state index in [1.54, 1.807) is 0 Å². The zero-order chi connectivity index (χ0) is 12.3. The molecule has 0 spiro atoms. The molecule has 1 aromatic rings. The summed E-state index contributed by atoms with van der Waals surface area (Å²) in [6.07, 6.45) is 3.90. The van der Waals surface area contributed by atoms with Gasteiger partial charge in [0.2, 0.25) is 0 Å². The van der Waals surface area contributed by atoms with Gasteiger partial charge in [-0.25, -0.2) is 0 Å². The topological polar surface area (TPSA) is 17.8 Å². The number of allylic oxidation sites excluding steroid dienone is 1. The summed E-state index contributed by atoms with van der Waals surface area (Å²) in [6.45, 7) is 8.22. The number of nitrogens with zero attached hydrogens (tertiary/aromatic N) is 2. The molecule has 90 valence electrons. The van der Waals surface area contributed by atoms with Crippen molar-refractivity contribution >= 4 is 31.9 Å². The number of rotatable bonds is 5. The highest BCUT2D eigenvalue weighted by Crippen LogP contribution is 2.31. The number of aryl methyl sites for hydroxylation is 2. The molecule has 1 aromatic heterocycles. The predicted molar refractivity (Wildman–Crippen MR) is 76.1 cm³/mol. The molecule has 4 heteroatoms. The third kappa shape index (κ3) is 2.77. The average Bonchev–Trinajstić information content (AvgIpc) is 2.56. The molecule has 2 nitrogen and oxygen atoms in total. The SMILES string of the molecule is C=CC(C)(CBr)Cc1c(Br)c(CC)nn1C. The highest BCUT2D eigenvalue weighted by molar-refractivity contribution is 9.10. The Morgan fingerprint density at radius 2 is 2.19 bits per heavy atom. The molecule has 0 aliphatic rings. The Balaban J connectivity index is 3.05. The first-order chi connectivity index (χ1) is 7.47. The van der Waals surface area contributed by atoms with Crippen LogP contribution in [0.5, 0.6) is 0 Å². The van der Waals surface area contributed by atoms with Gasteiger partial charge in [0.15, 0.2) is 0 Å². The van der Waals surface area contributed by atoms with E-state index < -0.39 is 0 Å². The molecular weight excluding hydrogens is 332 g/mol. The van der Waals surface area contributed by atoms with Gasteiger partial charge in [0, 0.05) is 24.2 Å². The van der Waals surface area contributed by atoms with E-state index in [1.807, 2.05) is 17.8 Å². The molecule has 0 bridgehead atoms. The van der Waals surface area contributed by atoms with Gasteiger partial charge in [0.25, 0.3) is 0 Å². The van der Waals surface area contributed by atoms with Crippen LogP contribution < -0.4 is 0 Å². The van der Waals surface area contributed by atoms with Crippen LogP contribution in [-0.4, -0.2) is 15.1 Å². The number of halogens is 2. The molecule has 0 saturated carbocycles. The van der Waals surface area contributed by atoms with Crippen LogP contribution in [0.1, 0.15) is 25.2 Å². The normalized spacial score (nSPS) is 14.8. The van der Waals surface area contributed by atoms with Crippen molar-refractivity contribution in [3.05, 3.63) is 28.5 Å². The van der Waals surface area contributed by atoms with Gasteiger partial charge >= 0.3 is 0 Å². The van der Waals surface area contributed by atoms with Crippen molar-refractivity contribution in [1.29, 1.82) is 0 Å². The zero-order valence-corrected chi connectivity index (χ0v) is 13.2. The third-order valence-electron chi connectivity index (χ3n) is 2.87. The fourth-order valence-electron chi connectivity index (χ4n) is 1.57. The summed E-state index contributed by atoms with van der Waals surface area (Å²) in [5, 5.41) is 5.41. The molecule has 1 rings (SSSR count). The van der Waals surface area contributed by atoms with Crippen LogP contribution in [0, 0.1) is 5.41 Å². The first-order valence-electron chi connectivity index (χ1n) is 5.37. The van der Waals surface area contributed by atoms with E-state index in [0.717, 1.165) is 28.3 Å². The van der Waals surface area contributed by atoms with E-state index in [0.29, 0.717) is 0 Å². The van der Waals surface area contributed by atoms with Crippen molar-refractivity contribution in [1.82, 2.24) is 9.78 Å². The summed E-state index contributed by atoms with van der Waals surface area (Å²) in [7, 11) is 2.00. The van der Waals surface area contributed by atoms with Gasteiger partial charge < -0.3 is 0 Å². The van der Waals surface area contributed by atoms with Crippen molar-refractivity contribution in [2.24, 2.45) is 12.5 Å². The lowest BCUT2D eigenvalue weighted by Crippen LogP contribution is -2.20. The van der Waals surface area contributed by atoms with Gasteiger partial charge in [-0.1, -0.05) is 35.9 Å². The average molecular weight is 350 g/mol. The van der Waals surface area contributed by atoms with Crippen LogP contribution in [0.15, 0.2) is 17.1 Å². The number of alkyl halides is 1. The molecule has 1 heterocycles. The second-order valence-electron chi connectivity index (χ2n) is 4.35. The van der Waals surface area contributed by atoms with Gasteiger partial charge in [-0.3, -0.25) is 4.68 Å². The monoisotopic (exact) mass is 348 g/mol. The number of aromatic nitrogens is 2. The summed E-state index contributed by atoms with van der Waals surface area (Å²) in [5.41, 5.74) is 2.43. The Morgan fingerprint density at radius 1 is 1.56 bits per heavy atom. The van der Waals surface area contributed by atoms with Crippen LogP contribution in [0.25, 0.3) is 0 Å². The molecule has 0 fully saturated rings. The number of hydrogen-bond donors (Lipinski definition) is 0. The fraction of sp³-hybridized carbons (Fsp3) is 0.583. The highest BCUT2D eigenvalue weighted by Gasteiger charge is 2.24. The largest absolute Gasteiger partial charge is 0.271 e. The van der Waals surface area contributed by atoms with Crippen molar-refractivity contribution < 1.29 is 0 Å². The second kappa shape index (κ2) is 5.50. The molecule has 0 N–H and O–H groups in total. The summed E-state index contributed by atoms with van der Waals surface area (Å²) >= 11 is 7.19. The standard InChI is InChI=1S/C12H18Br2N2/c1-5-9-11(14)10(16(4)15-9)7-12(3,6-2)8-13/h6H,2,5,7-8H2,1,3-4H3. The van der Waals surface area contributed by atoms with E-state index in [1.165, 1.54) is 5.69 Å². The highest BCUT2D eigenvalue weighted by atomic mass is 79.9. The Labute approximate surface area is 114 Å². The maximum Gasteiger partial charge on any atom is 0.0766 e. The van der Waals surface area contributed by atoms with Crippen LogP contribution in [0.2, 0.25) is 0 Å². The summed E-state index contributed by atoms with van der Waals surface area (Å²) in [4.78, 5) is 0. The molecule has 1 unspecified atom stereocenters. The van der Waals surface area contributed by atoms with Gasteiger partial charge in [-0.05, 0) is 22.4 Å². The lowest BCUT2D eigenvalue weighted by molar-refractivity contribution is 0.471. The van der Waals surface area contributed by atoms with Gasteiger partial charge in [-0.15, -0.1) is 6.58 Å². The van der Waals surface area contributed by atoms with Crippen LogP contribution in [0.3, 0.4) is 0 Å². The van der Waals surface area contributed by atoms with Gasteiger partial charge in [0.05, 0.1) is 15.9 Å². The molecule has 16 heavy (non-hydrogen) atoms. The van der Waals surface area contributed by atoms with E-state index >= 15 is 0 Å². The predicted octanol–water partition coefficient (Wildman–Crippen LogP) is 3.87. The fourth-order valence-corrected chi connectivity index (χ4v) is 2.75. The summed E-state index contributed by atoms with van der Waals surface area (Å²) in [5.74, 6) is 0. The lowest BCUT2D eigenvalue weighted by Gasteiger charge is -2.23. The third-order valence-corrected chi connectivity index (χ3v) is 5.07. The first kappa shape index (κ1) is 14.0. The van der Waals surface area contributed by atoms with Gasteiger partial charge in [-0.2, -0.15) is 5.10 Å². The molecule has 0 aliphatic carbocycles. The maximum atomic E-state index is 4.50. The van der Waals surface area contributed by atoms with E-state index in [2.05, 4.69) is 57.4 Å². The minimum Gasteiger partial charge on any atom is -0.271 e. The quantitative estimate of drug-likeness (QED) is 0.582. The van der Waals surface area contributed by atoms with Crippen LogP contribution in [0.4, 0.5) is 0 Å². The zero-order valence-electron chi connectivity index (χ0n) is 10.1. The Morgan fingerprint density at radius 3 is 2.56 bits per heavy atom. The molecule has 1 atom stereocenters. The summed E-state index contributed by atoms with van der Waals surface area (Å²) < 4.78 is 3.11. The van der Waals surface area contributed by atoms with Crippen molar-refractivity contribution in [3.8, 4) is 0 Å². The number of hydrogen-bond acceptors (Lipinski definition) is 1. The van der Waals surface area contributed by atoms with E-state index in [9.17, 15) is 0 Å². The molecule has 0 aromatic carbocycles. The minimum absolute atomic E-state index is 0.0708. The Bertz CT molecular complexity index is 385. The lowest BCUT2D eigenvalue weighted by atomic mass is 9.88. The molecule has 0 saturated heterocycles. The molecule has 0 radical (unpaired) electrons. The van der Waals surface area contributed by atoms with Crippen molar-refractivity contribution in [2.45, 2.75) is 26.7 Å². The van der Waals surface area contributed by atoms with Crippen LogP contribution >= 0.6 is 31.9 Å². The smallest absolute Gasteiger partial charge is 0.0766 e. The van der Waals surface area contributed by atoms with Crippen molar-refractivity contribution in [3.63, 3.8) is 0 Å². The van der Waals surface area contributed by atoms with E-state index in [-0.39, 0.29) is 5.41 Å². The summed E-state index contributed by atoms with van der Waals surface area (Å²) in [6, 6.07) is 0. The molecular formula is C12H18Br2N2. The first-order valence-corrected chi connectivity index (χ1v) is 7.28. The van der Waals surface area contributed by atoms with E-state index in [4.69, 9.17) is 0 Å². The second-order valence-corrected chi connectivity index (χ2v) is 5.71. The molecule has 0 aliphatic heterocycles. The Kier molecular flexibility index (Phi) is 4.80. The van der Waals surface area contributed by atoms with Gasteiger partial charge in [0.1, 0.15) is 0 Å². The molecule has 0 amide bonds. The van der Waals surface area contributed by atoms with Crippen molar-refractivity contribution in [2.75, 3.05) is 5.33 Å². The Hall–Kier alpha value is -0.0900.